The third-order valence-electron chi connectivity index (χ3n) is 0.289. The van der Waals surface area contributed by atoms with Crippen LogP contribution in [0, 0.1) is 0 Å². The topological polar surface area (TPSA) is 0 Å². The molecule has 0 heterocycles. The van der Waals surface area contributed by atoms with Gasteiger partial charge < -0.3 is 0 Å². The standard InChI is InChI=1S/C3H8Si/c1-2-3-4/h4H,2-3H2,1H3. The van der Waals surface area contributed by atoms with Gasteiger partial charge in [0.15, 0.2) is 0 Å². The Kier molecular flexibility index (Phi) is 3.39. The molecule has 0 aromatic rings. The van der Waals surface area contributed by atoms with E-state index in [0.29, 0.717) is 0 Å². The van der Waals surface area contributed by atoms with Crippen molar-refractivity contribution in [2.24, 2.45) is 0 Å². The fourth-order valence-corrected chi connectivity index (χ4v) is 0. The van der Waals surface area contributed by atoms with Crippen molar-refractivity contribution in [3.8, 4) is 0 Å². The molecule has 0 bridgehead atoms. The van der Waals surface area contributed by atoms with Gasteiger partial charge in [-0.3, -0.25) is 0 Å². The summed E-state index contributed by atoms with van der Waals surface area (Å²) in [5.41, 5.74) is 0. The van der Waals surface area contributed by atoms with Gasteiger partial charge in [0, 0.05) is 10.2 Å². The molecular weight excluding hydrogens is 64.1 g/mol. The molecule has 0 aliphatic carbocycles. The smallest absolute Gasteiger partial charge is 0.0143 e. The van der Waals surface area contributed by atoms with Gasteiger partial charge in [-0.2, -0.15) is 0 Å². The normalized spacial score (nSPS) is 7.50. The van der Waals surface area contributed by atoms with Gasteiger partial charge in [0.25, 0.3) is 0 Å². The van der Waals surface area contributed by atoms with Crippen LogP contribution in [0.1, 0.15) is 13.3 Å². The number of rotatable bonds is 1. The Morgan fingerprint density at radius 3 is 2.00 bits per heavy atom. The quantitative estimate of drug-likeness (QED) is 0.400. The summed E-state index contributed by atoms with van der Waals surface area (Å²) in [6.45, 7) is 2.16. The molecule has 0 rings (SSSR count). The van der Waals surface area contributed by atoms with E-state index in [1.807, 2.05) is 0 Å². The Morgan fingerprint density at radius 1 is 1.75 bits per heavy atom. The molecule has 0 nitrogen and oxygen atoms in total. The Morgan fingerprint density at radius 2 is 2.00 bits per heavy atom. The first-order valence-electron chi connectivity index (χ1n) is 1.62. The third kappa shape index (κ3) is 2.22. The molecule has 1 heteroatoms. The summed E-state index contributed by atoms with van der Waals surface area (Å²) in [5.74, 6) is 0. The monoisotopic (exact) mass is 72.0 g/mol. The number of hydrogen-bond donors (Lipinski definition) is 0. The lowest BCUT2D eigenvalue weighted by Gasteiger charge is -1.67. The minimum absolute atomic E-state index is 1.24. The maximum absolute atomic E-state index is 2.66. The molecule has 0 fully saturated rings. The van der Waals surface area contributed by atoms with E-state index in [2.05, 4.69) is 17.2 Å². The van der Waals surface area contributed by atoms with E-state index in [1.54, 1.807) is 0 Å². The van der Waals surface area contributed by atoms with Gasteiger partial charge in [-0.05, 0) is 0 Å². The summed E-state index contributed by atoms with van der Waals surface area (Å²) in [5, 5.41) is 0. The van der Waals surface area contributed by atoms with Gasteiger partial charge in [0.2, 0.25) is 0 Å². The van der Waals surface area contributed by atoms with Gasteiger partial charge in [-0.1, -0.05) is 19.4 Å². The molecule has 0 unspecified atom stereocenters. The van der Waals surface area contributed by atoms with Crippen molar-refractivity contribution in [2.45, 2.75) is 19.4 Å². The van der Waals surface area contributed by atoms with Gasteiger partial charge in [-0.25, -0.2) is 0 Å². The van der Waals surface area contributed by atoms with Crippen molar-refractivity contribution in [1.82, 2.24) is 0 Å². The van der Waals surface area contributed by atoms with Crippen LogP contribution in [0.25, 0.3) is 0 Å². The largest absolute Gasteiger partial charge is 0.0657 e. The van der Waals surface area contributed by atoms with E-state index < -0.39 is 0 Å². The Labute approximate surface area is 30.6 Å². The highest BCUT2D eigenvalue weighted by atomic mass is 28.1. The molecule has 0 saturated heterocycles. The van der Waals surface area contributed by atoms with Crippen LogP contribution < -0.4 is 0 Å². The summed E-state index contributed by atoms with van der Waals surface area (Å²) < 4.78 is 0. The van der Waals surface area contributed by atoms with E-state index in [4.69, 9.17) is 0 Å². The van der Waals surface area contributed by atoms with Crippen molar-refractivity contribution in [3.63, 3.8) is 0 Å². The van der Waals surface area contributed by atoms with Crippen molar-refractivity contribution in [2.75, 3.05) is 0 Å². The summed E-state index contributed by atoms with van der Waals surface area (Å²) in [6, 6.07) is 1.24. The minimum atomic E-state index is 1.24. The first kappa shape index (κ1) is 4.22. The summed E-state index contributed by atoms with van der Waals surface area (Å²) in [4.78, 5) is 0. The first-order chi connectivity index (χ1) is 1.91. The lowest BCUT2D eigenvalue weighted by molar-refractivity contribution is 1.08. The van der Waals surface area contributed by atoms with Crippen molar-refractivity contribution < 1.29 is 0 Å². The Balaban J connectivity index is 1.97. The van der Waals surface area contributed by atoms with E-state index in [0.717, 1.165) is 0 Å². The van der Waals surface area contributed by atoms with Crippen LogP contribution >= 0.6 is 0 Å². The van der Waals surface area contributed by atoms with Crippen molar-refractivity contribution >= 4 is 10.2 Å². The zero-order chi connectivity index (χ0) is 3.41. The van der Waals surface area contributed by atoms with Gasteiger partial charge >= 0.3 is 0 Å². The van der Waals surface area contributed by atoms with Crippen LogP contribution in [0.4, 0.5) is 0 Å². The van der Waals surface area contributed by atoms with E-state index >= 15 is 0 Å². The van der Waals surface area contributed by atoms with Crippen LogP contribution in [-0.2, 0) is 0 Å². The third-order valence-corrected chi connectivity index (χ3v) is 0.866. The second-order valence-electron chi connectivity index (χ2n) is 0.789. The molecule has 0 aliphatic rings. The maximum Gasteiger partial charge on any atom is 0.0143 e. The molecule has 0 N–H and O–H groups in total. The second kappa shape index (κ2) is 3.22. The molecule has 24 valence electrons. The van der Waals surface area contributed by atoms with E-state index in [-0.39, 0.29) is 0 Å². The summed E-state index contributed by atoms with van der Waals surface area (Å²) in [6.07, 6.45) is 1.28. The predicted octanol–water partition coefficient (Wildman–Crippen LogP) is 0.716. The lowest BCUT2D eigenvalue weighted by atomic mass is 10.6. The van der Waals surface area contributed by atoms with Crippen LogP contribution in [-0.4, -0.2) is 10.2 Å². The van der Waals surface area contributed by atoms with Crippen molar-refractivity contribution in [3.05, 3.63) is 0 Å². The Bertz CT molecular complexity index is 5.25. The first-order valence-corrected chi connectivity index (χ1v) is 2.43. The lowest BCUT2D eigenvalue weighted by Crippen LogP contribution is -1.55. The van der Waals surface area contributed by atoms with Gasteiger partial charge in [-0.15, -0.1) is 0 Å². The average molecular weight is 72.2 g/mol. The van der Waals surface area contributed by atoms with Crippen LogP contribution in [0.2, 0.25) is 6.04 Å². The predicted molar refractivity (Wildman–Crippen MR) is 22.2 cm³/mol. The molecule has 0 atom stereocenters. The fraction of sp³-hybridized carbons (Fsp3) is 1.00. The summed E-state index contributed by atoms with van der Waals surface area (Å²) in [7, 11) is 2.66. The average Bonchev–Trinajstić information content (AvgIpc) is 1.37. The highest BCUT2D eigenvalue weighted by Gasteiger charge is 1.57. The molecule has 4 heavy (non-hydrogen) atoms. The zero-order valence-electron chi connectivity index (χ0n) is 2.99. The SMILES string of the molecule is CCC[SiH]. The Hall–Kier alpha value is 0.217. The zero-order valence-corrected chi connectivity index (χ0v) is 4.15. The minimum Gasteiger partial charge on any atom is -0.0657 e. The molecule has 0 aliphatic heterocycles. The molecule has 0 amide bonds. The maximum atomic E-state index is 2.66. The molecule has 2 radical (unpaired) electrons. The molecule has 0 saturated carbocycles. The van der Waals surface area contributed by atoms with E-state index in [9.17, 15) is 0 Å². The summed E-state index contributed by atoms with van der Waals surface area (Å²) >= 11 is 0. The van der Waals surface area contributed by atoms with Crippen LogP contribution in [0.15, 0.2) is 0 Å². The fourth-order valence-electron chi connectivity index (χ4n) is 0. The second-order valence-corrected chi connectivity index (χ2v) is 1.37. The van der Waals surface area contributed by atoms with Gasteiger partial charge in [0.05, 0.1) is 0 Å². The van der Waals surface area contributed by atoms with Crippen LogP contribution in [0.5, 0.6) is 0 Å². The molecule has 0 aromatic carbocycles. The molecule has 0 aromatic heterocycles. The van der Waals surface area contributed by atoms with Crippen LogP contribution in [0.3, 0.4) is 0 Å². The molecular formula is C3H8Si. The highest BCUT2D eigenvalue weighted by Crippen LogP contribution is 1.73. The van der Waals surface area contributed by atoms with Crippen molar-refractivity contribution in [1.29, 1.82) is 0 Å². The molecule has 0 spiro atoms. The highest BCUT2D eigenvalue weighted by molar-refractivity contribution is 6.08. The van der Waals surface area contributed by atoms with Gasteiger partial charge in [0.1, 0.15) is 0 Å². The van der Waals surface area contributed by atoms with E-state index in [1.165, 1.54) is 12.5 Å². The number of hydrogen-bond acceptors (Lipinski definition) is 0.